The molecule has 1 aliphatic carbocycles. The molecule has 4 aromatic heterocycles. The van der Waals surface area contributed by atoms with Gasteiger partial charge in [0, 0.05) is 4.88 Å². The van der Waals surface area contributed by atoms with Crippen molar-refractivity contribution in [3.63, 3.8) is 0 Å². The van der Waals surface area contributed by atoms with Crippen molar-refractivity contribution < 1.29 is 4.42 Å². The maximum atomic E-state index is 5.46. The third-order valence-corrected chi connectivity index (χ3v) is 5.64. The minimum Gasteiger partial charge on any atom is -0.461 e. The van der Waals surface area contributed by atoms with Gasteiger partial charge >= 0.3 is 0 Å². The number of nitrogens with zero attached hydrogens (tertiary/aromatic N) is 4. The molecule has 0 spiro atoms. The fraction of sp³-hybridized carbons (Fsp3) is 0.312. The molecule has 0 radical (unpaired) electrons. The van der Waals surface area contributed by atoms with E-state index < -0.39 is 0 Å². The van der Waals surface area contributed by atoms with Crippen LogP contribution < -0.4 is 0 Å². The lowest BCUT2D eigenvalue weighted by Gasteiger charge is -2.17. The van der Waals surface area contributed by atoms with Crippen LogP contribution in [0.1, 0.15) is 23.8 Å². The third-order valence-electron chi connectivity index (χ3n) is 4.44. The Morgan fingerprint density at radius 2 is 2.32 bits per heavy atom. The molecule has 0 saturated carbocycles. The lowest BCUT2D eigenvalue weighted by atomic mass is 9.89. The zero-order chi connectivity index (χ0) is 14.7. The van der Waals surface area contributed by atoms with Gasteiger partial charge in [-0.05, 0) is 42.9 Å². The minimum absolute atomic E-state index is 0.707. The summed E-state index contributed by atoms with van der Waals surface area (Å²) in [7, 11) is 0. The first-order valence-electron chi connectivity index (χ1n) is 7.49. The fourth-order valence-corrected chi connectivity index (χ4v) is 4.50. The van der Waals surface area contributed by atoms with Crippen molar-refractivity contribution in [2.75, 3.05) is 0 Å². The van der Waals surface area contributed by atoms with E-state index in [0.717, 1.165) is 29.2 Å². The summed E-state index contributed by atoms with van der Waals surface area (Å²) in [4.78, 5) is 7.18. The van der Waals surface area contributed by atoms with Crippen LogP contribution in [0.5, 0.6) is 0 Å². The van der Waals surface area contributed by atoms with Gasteiger partial charge in [0.05, 0.1) is 11.6 Å². The van der Waals surface area contributed by atoms with E-state index in [2.05, 4.69) is 22.1 Å². The number of hydrogen-bond acceptors (Lipinski definition) is 5. The summed E-state index contributed by atoms with van der Waals surface area (Å²) in [5.74, 6) is 2.14. The summed E-state index contributed by atoms with van der Waals surface area (Å²) >= 11 is 1.81. The van der Waals surface area contributed by atoms with E-state index in [1.165, 1.54) is 22.2 Å². The summed E-state index contributed by atoms with van der Waals surface area (Å²) in [6, 6.07) is 3.75. The van der Waals surface area contributed by atoms with Crippen LogP contribution in [0.15, 0.2) is 29.1 Å². The fourth-order valence-electron chi connectivity index (χ4n) is 3.32. The first kappa shape index (κ1) is 12.3. The Morgan fingerprint density at radius 1 is 1.36 bits per heavy atom. The molecular weight excluding hydrogens is 296 g/mol. The molecule has 0 aromatic carbocycles. The van der Waals surface area contributed by atoms with Gasteiger partial charge < -0.3 is 4.42 Å². The predicted octanol–water partition coefficient (Wildman–Crippen LogP) is 3.72. The quantitative estimate of drug-likeness (QED) is 0.537. The van der Waals surface area contributed by atoms with Gasteiger partial charge in [0.25, 0.3) is 0 Å². The molecule has 0 amide bonds. The van der Waals surface area contributed by atoms with Crippen molar-refractivity contribution in [2.24, 2.45) is 5.92 Å². The van der Waals surface area contributed by atoms with E-state index in [1.807, 2.05) is 27.9 Å². The van der Waals surface area contributed by atoms with Crippen LogP contribution in [-0.2, 0) is 12.8 Å². The highest BCUT2D eigenvalue weighted by atomic mass is 32.1. The molecule has 4 heterocycles. The van der Waals surface area contributed by atoms with E-state index in [-0.39, 0.29) is 0 Å². The summed E-state index contributed by atoms with van der Waals surface area (Å²) in [5.41, 5.74) is 2.32. The van der Waals surface area contributed by atoms with Gasteiger partial charge in [0.15, 0.2) is 11.4 Å². The van der Waals surface area contributed by atoms with Crippen molar-refractivity contribution in [1.29, 1.82) is 0 Å². The van der Waals surface area contributed by atoms with Crippen molar-refractivity contribution in [3.8, 4) is 11.6 Å². The summed E-state index contributed by atoms with van der Waals surface area (Å²) in [5, 5.41) is 9.93. The zero-order valence-corrected chi connectivity index (χ0v) is 12.9. The second-order valence-corrected chi connectivity index (χ2v) is 7.05. The Bertz CT molecular complexity index is 983. The van der Waals surface area contributed by atoms with Gasteiger partial charge in [-0.1, -0.05) is 6.92 Å². The normalized spacial score (nSPS) is 18.1. The first-order valence-corrected chi connectivity index (χ1v) is 8.31. The van der Waals surface area contributed by atoms with Crippen LogP contribution in [0.2, 0.25) is 0 Å². The molecule has 5 rings (SSSR count). The van der Waals surface area contributed by atoms with E-state index in [1.54, 1.807) is 12.6 Å². The molecule has 6 heteroatoms. The standard InChI is InChI=1S/C16H14N4OS/c1-9-4-5-12-10(7-9)13-15-19-18-14(11-3-2-6-21-11)20(15)8-17-16(13)22-12/h2-3,6,8-9H,4-5,7H2,1H3/t9-/m0/s1. The molecule has 0 bridgehead atoms. The van der Waals surface area contributed by atoms with Gasteiger partial charge in [-0.25, -0.2) is 4.98 Å². The molecule has 0 saturated heterocycles. The highest BCUT2D eigenvalue weighted by molar-refractivity contribution is 7.19. The summed E-state index contributed by atoms with van der Waals surface area (Å²) in [6.07, 6.45) is 6.99. The monoisotopic (exact) mass is 310 g/mol. The Morgan fingerprint density at radius 3 is 3.18 bits per heavy atom. The summed E-state index contributed by atoms with van der Waals surface area (Å²) < 4.78 is 7.40. The number of rotatable bonds is 1. The van der Waals surface area contributed by atoms with E-state index in [9.17, 15) is 0 Å². The van der Waals surface area contributed by atoms with Crippen LogP contribution in [-0.4, -0.2) is 19.6 Å². The van der Waals surface area contributed by atoms with Crippen LogP contribution >= 0.6 is 11.3 Å². The van der Waals surface area contributed by atoms with Crippen LogP contribution in [0.4, 0.5) is 0 Å². The van der Waals surface area contributed by atoms with Crippen LogP contribution in [0, 0.1) is 5.92 Å². The highest BCUT2D eigenvalue weighted by Gasteiger charge is 2.24. The van der Waals surface area contributed by atoms with E-state index >= 15 is 0 Å². The van der Waals surface area contributed by atoms with Gasteiger partial charge in [-0.15, -0.1) is 21.5 Å². The maximum Gasteiger partial charge on any atom is 0.205 e. The average molecular weight is 310 g/mol. The van der Waals surface area contributed by atoms with Gasteiger partial charge in [-0.3, -0.25) is 4.40 Å². The molecule has 4 aromatic rings. The second-order valence-electron chi connectivity index (χ2n) is 5.97. The van der Waals surface area contributed by atoms with Crippen molar-refractivity contribution in [3.05, 3.63) is 35.2 Å². The zero-order valence-electron chi connectivity index (χ0n) is 12.1. The Labute approximate surface area is 130 Å². The van der Waals surface area contributed by atoms with E-state index in [4.69, 9.17) is 4.42 Å². The van der Waals surface area contributed by atoms with Crippen LogP contribution in [0.25, 0.3) is 27.4 Å². The smallest absolute Gasteiger partial charge is 0.205 e. The van der Waals surface area contributed by atoms with Crippen molar-refractivity contribution in [1.82, 2.24) is 19.6 Å². The average Bonchev–Trinajstić information content (AvgIpc) is 3.23. The highest BCUT2D eigenvalue weighted by Crippen LogP contribution is 2.39. The summed E-state index contributed by atoms with van der Waals surface area (Å²) in [6.45, 7) is 2.32. The predicted molar refractivity (Wildman–Crippen MR) is 85.1 cm³/mol. The van der Waals surface area contributed by atoms with Crippen molar-refractivity contribution in [2.45, 2.75) is 26.2 Å². The molecular formula is C16H14N4OS. The third kappa shape index (κ3) is 1.61. The lowest BCUT2D eigenvalue weighted by Crippen LogP contribution is -2.09. The number of furan rings is 1. The molecule has 0 unspecified atom stereocenters. The number of fused-ring (bicyclic) bond motifs is 5. The lowest BCUT2D eigenvalue weighted by molar-refractivity contribution is 0.508. The van der Waals surface area contributed by atoms with E-state index in [0.29, 0.717) is 11.6 Å². The topological polar surface area (TPSA) is 56.2 Å². The van der Waals surface area contributed by atoms with Crippen LogP contribution in [0.3, 0.4) is 0 Å². The second kappa shape index (κ2) is 4.39. The van der Waals surface area contributed by atoms with Gasteiger partial charge in [-0.2, -0.15) is 0 Å². The molecule has 110 valence electrons. The molecule has 0 fully saturated rings. The Balaban J connectivity index is 1.84. The molecule has 0 aliphatic heterocycles. The SMILES string of the molecule is C[C@H]1CCc2sc3ncn4c(-c5ccco5)nnc4c3c2C1. The number of thiophene rings is 1. The molecule has 0 N–H and O–H groups in total. The van der Waals surface area contributed by atoms with Gasteiger partial charge in [0.2, 0.25) is 5.82 Å². The van der Waals surface area contributed by atoms with Crippen molar-refractivity contribution >= 4 is 27.2 Å². The number of aryl methyl sites for hydroxylation is 1. The minimum atomic E-state index is 0.707. The molecule has 22 heavy (non-hydrogen) atoms. The Kier molecular flexibility index (Phi) is 2.47. The Hall–Kier alpha value is -2.21. The first-order chi connectivity index (χ1) is 10.8. The maximum absolute atomic E-state index is 5.46. The number of hydrogen-bond donors (Lipinski definition) is 0. The molecule has 1 aliphatic rings. The molecule has 1 atom stereocenters. The van der Waals surface area contributed by atoms with Gasteiger partial charge in [0.1, 0.15) is 11.2 Å². The number of aromatic nitrogens is 4. The largest absolute Gasteiger partial charge is 0.461 e. The molecule has 5 nitrogen and oxygen atoms in total.